The molecule has 1 aromatic heterocycles. The van der Waals surface area contributed by atoms with Crippen molar-refractivity contribution in [2.24, 2.45) is 0 Å². The molecule has 0 saturated heterocycles. The molecule has 7 nitrogen and oxygen atoms in total. The first-order valence-corrected chi connectivity index (χ1v) is 5.30. The van der Waals surface area contributed by atoms with Crippen molar-refractivity contribution >= 4 is 17.5 Å². The Bertz CT molecular complexity index is 504. The van der Waals surface area contributed by atoms with Crippen LogP contribution in [0.2, 0.25) is 0 Å². The van der Waals surface area contributed by atoms with Crippen LogP contribution in [0.1, 0.15) is 6.42 Å². The summed E-state index contributed by atoms with van der Waals surface area (Å²) in [5, 5.41) is 11.2. The fourth-order valence-corrected chi connectivity index (χ4v) is 1.77. The minimum absolute atomic E-state index is 0.0515. The van der Waals surface area contributed by atoms with E-state index < -0.39 is 31.1 Å². The minimum atomic E-state index is -3.06. The number of aliphatic hydroxyl groups is 1. The van der Waals surface area contributed by atoms with Gasteiger partial charge in [0.05, 0.1) is 13.2 Å². The second-order valence-corrected chi connectivity index (χ2v) is 4.01. The third-order valence-corrected chi connectivity index (χ3v) is 2.56. The van der Waals surface area contributed by atoms with Crippen LogP contribution >= 0.6 is 0 Å². The van der Waals surface area contributed by atoms with E-state index in [1.165, 1.54) is 4.90 Å². The lowest BCUT2D eigenvalue weighted by Gasteiger charge is -2.23. The average molecular weight is 261 g/mol. The Labute approximate surface area is 101 Å². The molecule has 0 unspecified atom stereocenters. The number of nitrogen functional groups attached to an aromatic ring is 1. The first-order chi connectivity index (χ1) is 8.43. The highest BCUT2D eigenvalue weighted by Crippen LogP contribution is 2.29. The monoisotopic (exact) mass is 261 g/mol. The lowest BCUT2D eigenvalue weighted by molar-refractivity contribution is -0.0133. The number of halogens is 2. The zero-order chi connectivity index (χ0) is 13.3. The third kappa shape index (κ3) is 2.35. The van der Waals surface area contributed by atoms with Gasteiger partial charge in [-0.2, -0.15) is 4.98 Å². The van der Waals surface area contributed by atoms with Crippen molar-refractivity contribution < 1.29 is 13.9 Å². The molecule has 18 heavy (non-hydrogen) atoms. The number of anilines is 3. The molecular formula is C9H13F2N5O2. The van der Waals surface area contributed by atoms with E-state index in [0.717, 1.165) is 0 Å². The number of hydrogen-bond acceptors (Lipinski definition) is 6. The van der Waals surface area contributed by atoms with E-state index in [9.17, 15) is 13.6 Å². The number of nitrogens with one attached hydrogen (secondary N) is 2. The first-order valence-electron chi connectivity index (χ1n) is 5.30. The van der Waals surface area contributed by atoms with Gasteiger partial charge in [-0.1, -0.05) is 0 Å². The highest BCUT2D eigenvalue weighted by atomic mass is 19.3. The highest BCUT2D eigenvalue weighted by Gasteiger charge is 2.35. The van der Waals surface area contributed by atoms with Crippen LogP contribution in [0.3, 0.4) is 0 Å². The summed E-state index contributed by atoms with van der Waals surface area (Å²) in [5.74, 6) is -3.08. The fraction of sp³-hybridized carbons (Fsp3) is 0.556. The zero-order valence-electron chi connectivity index (χ0n) is 9.41. The Hall–Kier alpha value is -1.90. The molecule has 0 bridgehead atoms. The lowest BCUT2D eigenvalue weighted by Crippen LogP contribution is -2.37. The van der Waals surface area contributed by atoms with Crippen molar-refractivity contribution in [2.75, 3.05) is 35.8 Å². The summed E-state index contributed by atoms with van der Waals surface area (Å²) in [7, 11) is 0. The van der Waals surface area contributed by atoms with E-state index in [1.54, 1.807) is 0 Å². The van der Waals surface area contributed by atoms with E-state index in [1.807, 2.05) is 0 Å². The molecule has 0 radical (unpaired) electrons. The Balaban J connectivity index is 2.24. The molecular weight excluding hydrogens is 248 g/mol. The molecule has 1 aromatic rings. The van der Waals surface area contributed by atoms with Gasteiger partial charge in [0.2, 0.25) is 5.95 Å². The Morgan fingerprint density at radius 2 is 2.28 bits per heavy atom. The number of aromatic nitrogens is 2. The minimum Gasteiger partial charge on any atom is -0.396 e. The largest absolute Gasteiger partial charge is 0.396 e. The average Bonchev–Trinajstić information content (AvgIpc) is 2.60. The molecule has 0 fully saturated rings. The summed E-state index contributed by atoms with van der Waals surface area (Å²) in [6, 6.07) is 0. The van der Waals surface area contributed by atoms with Gasteiger partial charge in [0.15, 0.2) is 5.82 Å². The number of nitrogens with two attached hydrogens (primary N) is 1. The predicted octanol–water partition coefficient (Wildman–Crippen LogP) is -0.441. The SMILES string of the molecule is Nc1nc2c(c(=O)[nH]1)NCN2CC(F)(F)CCO. The lowest BCUT2D eigenvalue weighted by atomic mass is 10.2. The van der Waals surface area contributed by atoms with Crippen LogP contribution in [0.15, 0.2) is 4.79 Å². The number of hydrogen-bond donors (Lipinski definition) is 4. The van der Waals surface area contributed by atoms with Crippen LogP contribution < -0.4 is 21.5 Å². The maximum Gasteiger partial charge on any atom is 0.277 e. The van der Waals surface area contributed by atoms with E-state index in [-0.39, 0.29) is 24.1 Å². The number of rotatable bonds is 4. The number of alkyl halides is 2. The van der Waals surface area contributed by atoms with Crippen molar-refractivity contribution in [1.82, 2.24) is 9.97 Å². The molecule has 1 aliphatic heterocycles. The van der Waals surface area contributed by atoms with Crippen LogP contribution in [0.5, 0.6) is 0 Å². The van der Waals surface area contributed by atoms with Crippen LogP contribution in [-0.4, -0.2) is 40.8 Å². The molecule has 0 aromatic carbocycles. The molecule has 2 rings (SSSR count). The Morgan fingerprint density at radius 1 is 1.56 bits per heavy atom. The van der Waals surface area contributed by atoms with E-state index in [2.05, 4.69) is 15.3 Å². The fourth-order valence-electron chi connectivity index (χ4n) is 1.77. The van der Waals surface area contributed by atoms with Gasteiger partial charge in [-0.25, -0.2) is 8.78 Å². The molecule has 100 valence electrons. The summed E-state index contributed by atoms with van der Waals surface area (Å²) in [6.45, 7) is -1.19. The van der Waals surface area contributed by atoms with Crippen LogP contribution in [0.4, 0.5) is 26.2 Å². The Kier molecular flexibility index (Phi) is 3.07. The summed E-state index contributed by atoms with van der Waals surface area (Å²) < 4.78 is 26.8. The summed E-state index contributed by atoms with van der Waals surface area (Å²) >= 11 is 0. The molecule has 0 spiro atoms. The smallest absolute Gasteiger partial charge is 0.277 e. The van der Waals surface area contributed by atoms with Gasteiger partial charge in [0.1, 0.15) is 5.69 Å². The molecule has 5 N–H and O–H groups in total. The number of H-pyrrole nitrogens is 1. The van der Waals surface area contributed by atoms with Gasteiger partial charge >= 0.3 is 0 Å². The van der Waals surface area contributed by atoms with Gasteiger partial charge in [0, 0.05) is 13.0 Å². The molecule has 9 heteroatoms. The van der Waals surface area contributed by atoms with E-state index in [0.29, 0.717) is 0 Å². The molecule has 2 heterocycles. The standard InChI is InChI=1S/C9H13F2N5O2/c10-9(11,1-2-17)3-16-4-13-5-6(16)14-8(12)15-7(5)18/h13,17H,1-4H2,(H3,12,14,15,18). The molecule has 0 saturated carbocycles. The number of aromatic amines is 1. The van der Waals surface area contributed by atoms with Crippen molar-refractivity contribution in [3.63, 3.8) is 0 Å². The molecule has 0 amide bonds. The predicted molar refractivity (Wildman–Crippen MR) is 61.8 cm³/mol. The molecule has 1 aliphatic rings. The first kappa shape index (κ1) is 12.6. The quantitative estimate of drug-likeness (QED) is 0.585. The normalized spacial score (nSPS) is 14.5. The van der Waals surface area contributed by atoms with Gasteiger partial charge in [-0.3, -0.25) is 9.78 Å². The van der Waals surface area contributed by atoms with Crippen LogP contribution in [0.25, 0.3) is 0 Å². The second-order valence-electron chi connectivity index (χ2n) is 4.01. The highest BCUT2D eigenvalue weighted by molar-refractivity contribution is 5.70. The summed E-state index contributed by atoms with van der Waals surface area (Å²) in [5.41, 5.74) is 5.00. The molecule has 0 aliphatic carbocycles. The maximum absolute atomic E-state index is 13.4. The second kappa shape index (κ2) is 4.41. The number of fused-ring (bicyclic) bond motifs is 1. The van der Waals surface area contributed by atoms with Gasteiger partial charge in [-0.15, -0.1) is 0 Å². The number of aliphatic hydroxyl groups excluding tert-OH is 1. The third-order valence-electron chi connectivity index (χ3n) is 2.56. The summed E-state index contributed by atoms with van der Waals surface area (Å²) in [4.78, 5) is 18.8. The molecule has 0 atom stereocenters. The maximum atomic E-state index is 13.4. The van der Waals surface area contributed by atoms with E-state index >= 15 is 0 Å². The van der Waals surface area contributed by atoms with Gasteiger partial charge in [0.25, 0.3) is 11.5 Å². The van der Waals surface area contributed by atoms with Crippen LogP contribution in [-0.2, 0) is 0 Å². The topological polar surface area (TPSA) is 107 Å². The zero-order valence-corrected chi connectivity index (χ0v) is 9.41. The van der Waals surface area contributed by atoms with Crippen molar-refractivity contribution in [1.29, 1.82) is 0 Å². The van der Waals surface area contributed by atoms with Crippen molar-refractivity contribution in [3.05, 3.63) is 10.4 Å². The number of nitrogens with zero attached hydrogens (tertiary/aromatic N) is 2. The van der Waals surface area contributed by atoms with Gasteiger partial charge in [-0.05, 0) is 0 Å². The van der Waals surface area contributed by atoms with Gasteiger partial charge < -0.3 is 21.1 Å². The summed E-state index contributed by atoms with van der Waals surface area (Å²) in [6.07, 6.45) is -0.641. The van der Waals surface area contributed by atoms with E-state index in [4.69, 9.17) is 10.8 Å². The Morgan fingerprint density at radius 3 is 2.94 bits per heavy atom. The van der Waals surface area contributed by atoms with Crippen molar-refractivity contribution in [3.8, 4) is 0 Å². The van der Waals surface area contributed by atoms with Crippen molar-refractivity contribution in [2.45, 2.75) is 12.3 Å². The van der Waals surface area contributed by atoms with Crippen LogP contribution in [0, 0.1) is 0 Å².